The van der Waals surface area contributed by atoms with Gasteiger partial charge in [-0.25, -0.2) is 8.42 Å². The second kappa shape index (κ2) is 44.6. The van der Waals surface area contributed by atoms with E-state index in [9.17, 15) is 57.3 Å². The number of amides is 2. The molecule has 0 fully saturated rings. The Morgan fingerprint density at radius 2 is 1.13 bits per heavy atom. The number of nitrogens with zero attached hydrogens (tertiary/aromatic N) is 1. The fourth-order valence-corrected chi connectivity index (χ4v) is 4.88. The van der Waals surface area contributed by atoms with E-state index in [1.54, 1.807) is 30.3 Å². The number of quaternary nitrogens is 1. The standard InChI is InChI=1S/C9H14F3NO.C7H15N.2C7H8O3S.C6H11Br.C3H4F3NO.3CH4.Na.H/c1-3-4-5-6-7-13(2)8(14)9(10,11)12;1-3-4-5-6-7-8-2;2*1-6-2-4-7(5-3-6)11(8,9)10;1-2-3-4-5-6-7;1-7-2(8)3(4,5)6;;;;;/h3H,1,4-7H2,2H3;3,8H,1,4-7H2,2H3;2*2-5H,1H3,(H,8,9,10);2H,1,3-6H2;1H3,(H,7,8);3*1H4;;/q;;;;;;;;;+1;-1. The number of nitrogens with two attached hydrogens (primary N) is 1. The van der Waals surface area contributed by atoms with Crippen LogP contribution < -0.4 is 40.2 Å². The number of alkyl halides is 7. The molecule has 0 bridgehead atoms. The molecule has 0 radical (unpaired) electrons. The minimum atomic E-state index is -4.76. The number of carbonyl (C=O) groups excluding carboxylic acids is 2. The number of hydrogen-bond donors (Lipinski definition) is 3. The van der Waals surface area contributed by atoms with Crippen molar-refractivity contribution in [2.75, 3.05) is 39.6 Å². The van der Waals surface area contributed by atoms with Crippen molar-refractivity contribution in [2.45, 2.75) is 116 Å². The first kappa shape index (κ1) is 77.7. The minimum Gasteiger partial charge on any atom is -1.00 e. The summed E-state index contributed by atoms with van der Waals surface area (Å²) in [5.74, 6) is -3.70. The van der Waals surface area contributed by atoms with Gasteiger partial charge in [0.25, 0.3) is 10.1 Å². The van der Waals surface area contributed by atoms with Crippen LogP contribution in [0.15, 0.2) is 96.3 Å². The van der Waals surface area contributed by atoms with Crippen LogP contribution >= 0.6 is 15.9 Å². The quantitative estimate of drug-likeness (QED) is 0.0399. The van der Waals surface area contributed by atoms with E-state index in [1.165, 1.54) is 68.2 Å². The first-order valence-electron chi connectivity index (χ1n) is 18.0. The number of allylic oxidation sites excluding steroid dienone is 3. The molecule has 0 atom stereocenters. The van der Waals surface area contributed by atoms with Crippen LogP contribution in [0.4, 0.5) is 26.3 Å². The van der Waals surface area contributed by atoms with Crippen LogP contribution in [-0.2, 0) is 29.8 Å². The molecule has 2 aromatic rings. The zero-order valence-electron chi connectivity index (χ0n) is 36.2. The van der Waals surface area contributed by atoms with Gasteiger partial charge in [-0.3, -0.25) is 14.1 Å². The summed E-state index contributed by atoms with van der Waals surface area (Å²) in [5, 5.41) is 4.78. The molecule has 0 aromatic heterocycles. The van der Waals surface area contributed by atoms with Crippen LogP contribution in [0.5, 0.6) is 0 Å². The molecule has 366 valence electrons. The second-order valence-corrected chi connectivity index (χ2v) is 15.7. The van der Waals surface area contributed by atoms with Crippen molar-refractivity contribution in [3.63, 3.8) is 0 Å². The predicted molar refractivity (Wildman–Crippen MR) is 244 cm³/mol. The van der Waals surface area contributed by atoms with Crippen molar-refractivity contribution in [1.82, 2.24) is 10.2 Å². The third kappa shape index (κ3) is 50.3. The number of aryl methyl sites for hydroxylation is 2. The van der Waals surface area contributed by atoms with Gasteiger partial charge in [0.1, 0.15) is 10.1 Å². The number of carbonyl (C=O) groups is 2. The SMILES string of the molecule is C.C.C.C=CCCCCBr.C=CCCCCN(C)C(=O)C(F)(F)F.C=CCCCC[NH2+]C.CNC(=O)C(F)(F)F.Cc1ccc(S(=O)(=O)O)cc1.Cc1ccc(S(=O)(=O)[O-])cc1.[H-].[Na+]. The molecule has 0 spiro atoms. The summed E-state index contributed by atoms with van der Waals surface area (Å²) < 4.78 is 129. The number of rotatable bonds is 16. The van der Waals surface area contributed by atoms with Crippen molar-refractivity contribution in [3.8, 4) is 0 Å². The zero-order valence-corrected chi connectivity index (χ0v) is 40.5. The predicted octanol–water partition coefficient (Wildman–Crippen LogP) is 7.10. The topological polar surface area (TPSA) is 178 Å². The summed E-state index contributed by atoms with van der Waals surface area (Å²) in [4.78, 5) is 20.7. The average molecular weight is 1030 g/mol. The molecule has 0 aliphatic rings. The maximum atomic E-state index is 11.9. The van der Waals surface area contributed by atoms with Gasteiger partial charge in [-0.2, -0.15) is 34.8 Å². The largest absolute Gasteiger partial charge is 1.00 e. The van der Waals surface area contributed by atoms with E-state index in [2.05, 4.69) is 48.0 Å². The van der Waals surface area contributed by atoms with Crippen LogP contribution in [0.25, 0.3) is 0 Å². The van der Waals surface area contributed by atoms with Crippen molar-refractivity contribution in [1.29, 1.82) is 0 Å². The zero-order chi connectivity index (χ0) is 46.7. The first-order valence-corrected chi connectivity index (χ1v) is 22.0. The second-order valence-electron chi connectivity index (χ2n) is 12.1. The van der Waals surface area contributed by atoms with E-state index < -0.39 is 44.4 Å². The van der Waals surface area contributed by atoms with Gasteiger partial charge >= 0.3 is 53.7 Å². The molecule has 63 heavy (non-hydrogen) atoms. The summed E-state index contributed by atoms with van der Waals surface area (Å²) in [6.07, 6.45) is 5.71. The van der Waals surface area contributed by atoms with E-state index in [0.717, 1.165) is 49.8 Å². The Bertz CT molecular complexity index is 1600. The molecule has 21 heteroatoms. The molecule has 0 aliphatic heterocycles. The van der Waals surface area contributed by atoms with Gasteiger partial charge in [-0.05, 0) is 95.9 Å². The van der Waals surface area contributed by atoms with Crippen LogP contribution in [-0.4, -0.2) is 94.6 Å². The van der Waals surface area contributed by atoms with Gasteiger partial charge in [-0.15, -0.1) is 19.7 Å². The van der Waals surface area contributed by atoms with Gasteiger partial charge < -0.3 is 21.5 Å². The fraction of sp³-hybridized carbons (Fsp3) is 0.524. The molecule has 0 aliphatic carbocycles. The Hall–Kier alpha value is -2.56. The van der Waals surface area contributed by atoms with Crippen molar-refractivity contribution in [2.24, 2.45) is 0 Å². The van der Waals surface area contributed by atoms with Gasteiger partial charge in [-0.1, -0.05) is 91.8 Å². The van der Waals surface area contributed by atoms with E-state index in [1.807, 2.05) is 26.0 Å². The molecule has 2 rings (SSSR count). The van der Waals surface area contributed by atoms with Crippen molar-refractivity contribution < 1.29 is 98.2 Å². The molecule has 2 amide bonds. The molecule has 0 saturated carbocycles. The number of benzene rings is 2. The molecular weight excluding hydrogens is 955 g/mol. The number of halogens is 7. The fourth-order valence-electron chi connectivity index (χ4n) is 3.53. The smallest absolute Gasteiger partial charge is 1.00 e. The Balaban J connectivity index is -0.0000000810. The third-order valence-electron chi connectivity index (χ3n) is 6.80. The summed E-state index contributed by atoms with van der Waals surface area (Å²) in [7, 11) is -4.10. The van der Waals surface area contributed by atoms with Crippen molar-refractivity contribution in [3.05, 3.63) is 97.6 Å². The molecule has 11 nitrogen and oxygen atoms in total. The van der Waals surface area contributed by atoms with Crippen molar-refractivity contribution >= 4 is 48.0 Å². The Morgan fingerprint density at radius 3 is 1.40 bits per heavy atom. The normalized spacial score (nSPS) is 10.0. The van der Waals surface area contributed by atoms with Gasteiger partial charge in [0.15, 0.2) is 0 Å². The van der Waals surface area contributed by atoms with Crippen LogP contribution in [0.3, 0.4) is 0 Å². The van der Waals surface area contributed by atoms with E-state index in [0.29, 0.717) is 11.3 Å². The molecule has 0 heterocycles. The van der Waals surface area contributed by atoms with Crippen LogP contribution in [0, 0.1) is 13.8 Å². The van der Waals surface area contributed by atoms with Gasteiger partial charge in [0.05, 0.1) is 23.4 Å². The molecule has 2 aromatic carbocycles. The Morgan fingerprint density at radius 1 is 0.762 bits per heavy atom. The Kier molecular flexibility index (Phi) is 55.0. The van der Waals surface area contributed by atoms with E-state index in [4.69, 9.17) is 4.55 Å². The van der Waals surface area contributed by atoms with E-state index in [-0.39, 0.29) is 69.6 Å². The summed E-state index contributed by atoms with van der Waals surface area (Å²) in [6, 6.07) is 11.8. The number of hydrogen-bond acceptors (Lipinski definition) is 7. The van der Waals surface area contributed by atoms with Crippen LogP contribution in [0.1, 0.15) is 92.6 Å². The number of nitrogens with one attached hydrogen (secondary N) is 1. The maximum absolute atomic E-state index is 11.9. The monoisotopic (exact) mass is 1030 g/mol. The molecular formula is C42H73BrF6N3NaO8S2. The van der Waals surface area contributed by atoms with E-state index >= 15 is 0 Å². The Labute approximate surface area is 407 Å². The molecule has 0 saturated heterocycles. The van der Waals surface area contributed by atoms with Gasteiger partial charge in [0, 0.05) is 26.0 Å². The third-order valence-corrected chi connectivity index (χ3v) is 9.08. The average Bonchev–Trinajstić information content (AvgIpc) is 3.15. The van der Waals surface area contributed by atoms with Crippen LogP contribution in [0.2, 0.25) is 0 Å². The summed E-state index contributed by atoms with van der Waals surface area (Å²) in [5.41, 5.74) is 1.88. The molecule has 4 N–H and O–H groups in total. The van der Waals surface area contributed by atoms with Gasteiger partial charge in [0.2, 0.25) is 0 Å². The maximum Gasteiger partial charge on any atom is 1.00 e. The first-order chi connectivity index (χ1) is 27.2. The minimum absolute atomic E-state index is 0. The molecule has 0 unspecified atom stereocenters. The number of unbranched alkanes of at least 4 members (excludes halogenated alkanes) is 6. The summed E-state index contributed by atoms with van der Waals surface area (Å²) in [6.45, 7) is 15.8. The summed E-state index contributed by atoms with van der Waals surface area (Å²) >= 11 is 3.35.